The van der Waals surface area contributed by atoms with Crippen LogP contribution in [0, 0.1) is 0 Å². The van der Waals surface area contributed by atoms with E-state index in [0.29, 0.717) is 30.6 Å². The molecule has 2 aliphatic rings. The molecule has 3 heteroatoms. The van der Waals surface area contributed by atoms with Crippen LogP contribution in [0.4, 0.5) is 0 Å². The second-order valence-corrected chi connectivity index (χ2v) is 7.39. The summed E-state index contributed by atoms with van der Waals surface area (Å²) in [5, 5.41) is 0. The van der Waals surface area contributed by atoms with Crippen LogP contribution in [0.3, 0.4) is 0 Å². The molecule has 126 valence electrons. The molecule has 0 aromatic heterocycles. The Labute approximate surface area is 140 Å². The average molecular weight is 314 g/mol. The number of hydrogen-bond donors (Lipinski definition) is 0. The molecular weight excluding hydrogens is 284 g/mol. The van der Waals surface area contributed by atoms with Gasteiger partial charge in [0.1, 0.15) is 0 Å². The Balaban J connectivity index is 1.60. The number of rotatable bonds is 4. The van der Waals surface area contributed by atoms with Crippen molar-refractivity contribution in [2.75, 3.05) is 13.1 Å². The SMILES string of the molecule is C[C@@H]1CCC[C@@H](C)N1C(=O)CN1CCC[C@@H]1Cc1ccccc1. The minimum absolute atomic E-state index is 0.338. The lowest BCUT2D eigenvalue weighted by molar-refractivity contribution is -0.138. The quantitative estimate of drug-likeness (QED) is 0.849. The zero-order valence-corrected chi connectivity index (χ0v) is 14.6. The standard InChI is InChI=1S/C20H30N2O/c1-16-8-6-9-17(2)22(16)20(23)15-21-13-7-12-19(21)14-18-10-4-3-5-11-18/h3-5,10-11,16-17,19H,6-9,12-15H2,1-2H3/t16-,17-,19-/m1/s1. The van der Waals surface area contributed by atoms with E-state index in [1.54, 1.807) is 0 Å². The molecule has 3 rings (SSSR count). The highest BCUT2D eigenvalue weighted by atomic mass is 16.2. The Bertz CT molecular complexity index is 506. The van der Waals surface area contributed by atoms with E-state index in [-0.39, 0.29) is 0 Å². The van der Waals surface area contributed by atoms with E-state index in [1.807, 2.05) is 0 Å². The summed E-state index contributed by atoms with van der Waals surface area (Å²) in [5.41, 5.74) is 1.39. The first kappa shape index (κ1) is 16.5. The van der Waals surface area contributed by atoms with E-state index in [2.05, 4.69) is 54.0 Å². The molecule has 0 radical (unpaired) electrons. The molecule has 3 atom stereocenters. The Morgan fingerprint density at radius 2 is 1.74 bits per heavy atom. The van der Waals surface area contributed by atoms with Gasteiger partial charge in [-0.1, -0.05) is 30.3 Å². The summed E-state index contributed by atoms with van der Waals surface area (Å²) in [6.45, 7) is 6.09. The van der Waals surface area contributed by atoms with Crippen molar-refractivity contribution in [1.82, 2.24) is 9.80 Å². The van der Waals surface area contributed by atoms with Crippen LogP contribution in [0.2, 0.25) is 0 Å². The van der Waals surface area contributed by atoms with Crippen molar-refractivity contribution in [3.05, 3.63) is 35.9 Å². The fraction of sp³-hybridized carbons (Fsp3) is 0.650. The van der Waals surface area contributed by atoms with Crippen LogP contribution in [0.1, 0.15) is 51.5 Å². The molecule has 2 aliphatic heterocycles. The molecule has 0 saturated carbocycles. The van der Waals surface area contributed by atoms with Gasteiger partial charge in [-0.2, -0.15) is 0 Å². The van der Waals surface area contributed by atoms with Gasteiger partial charge in [0.2, 0.25) is 5.91 Å². The third kappa shape index (κ3) is 3.95. The Morgan fingerprint density at radius 1 is 1.04 bits per heavy atom. The molecule has 1 aromatic rings. The molecule has 2 heterocycles. The predicted molar refractivity (Wildman–Crippen MR) is 94.4 cm³/mol. The summed E-state index contributed by atoms with van der Waals surface area (Å²) in [6.07, 6.45) is 7.07. The largest absolute Gasteiger partial charge is 0.336 e. The van der Waals surface area contributed by atoms with E-state index in [4.69, 9.17) is 0 Å². The molecule has 0 unspecified atom stereocenters. The summed E-state index contributed by atoms with van der Waals surface area (Å²) in [4.78, 5) is 17.4. The van der Waals surface area contributed by atoms with Gasteiger partial charge < -0.3 is 4.90 Å². The lowest BCUT2D eigenvalue weighted by Crippen LogP contribution is -2.51. The number of benzene rings is 1. The molecule has 0 aliphatic carbocycles. The number of piperidine rings is 1. The summed E-state index contributed by atoms with van der Waals surface area (Å²) in [6, 6.07) is 12.0. The molecule has 0 bridgehead atoms. The van der Waals surface area contributed by atoms with Gasteiger partial charge in [-0.3, -0.25) is 9.69 Å². The van der Waals surface area contributed by atoms with Gasteiger partial charge >= 0.3 is 0 Å². The van der Waals surface area contributed by atoms with Crippen molar-refractivity contribution in [3.63, 3.8) is 0 Å². The van der Waals surface area contributed by atoms with Gasteiger partial charge in [0.25, 0.3) is 0 Å². The first-order chi connectivity index (χ1) is 11.1. The third-order valence-electron chi connectivity index (χ3n) is 5.63. The Morgan fingerprint density at radius 3 is 2.43 bits per heavy atom. The lowest BCUT2D eigenvalue weighted by Gasteiger charge is -2.40. The van der Waals surface area contributed by atoms with E-state index >= 15 is 0 Å². The highest BCUT2D eigenvalue weighted by Crippen LogP contribution is 2.25. The van der Waals surface area contributed by atoms with Crippen molar-refractivity contribution in [1.29, 1.82) is 0 Å². The van der Waals surface area contributed by atoms with Crippen LogP contribution in [0.15, 0.2) is 30.3 Å². The van der Waals surface area contributed by atoms with E-state index in [9.17, 15) is 4.79 Å². The normalized spacial score (nSPS) is 29.0. The molecule has 1 amide bonds. The summed E-state index contributed by atoms with van der Waals surface area (Å²) < 4.78 is 0. The van der Waals surface area contributed by atoms with Crippen LogP contribution in [0.25, 0.3) is 0 Å². The maximum atomic E-state index is 12.9. The summed E-state index contributed by atoms with van der Waals surface area (Å²) in [7, 11) is 0. The van der Waals surface area contributed by atoms with Crippen molar-refractivity contribution >= 4 is 5.91 Å². The summed E-state index contributed by atoms with van der Waals surface area (Å²) in [5.74, 6) is 0.338. The molecule has 3 nitrogen and oxygen atoms in total. The van der Waals surface area contributed by atoms with Crippen LogP contribution < -0.4 is 0 Å². The first-order valence-electron chi connectivity index (χ1n) is 9.24. The molecule has 2 saturated heterocycles. The Kier molecular flexibility index (Phi) is 5.37. The highest BCUT2D eigenvalue weighted by molar-refractivity contribution is 5.79. The molecule has 0 N–H and O–H groups in total. The number of nitrogens with zero attached hydrogens (tertiary/aromatic N) is 2. The van der Waals surface area contributed by atoms with Gasteiger partial charge in [-0.25, -0.2) is 0 Å². The van der Waals surface area contributed by atoms with E-state index in [0.717, 1.165) is 25.8 Å². The fourth-order valence-corrected chi connectivity index (χ4v) is 4.39. The topological polar surface area (TPSA) is 23.6 Å². The van der Waals surface area contributed by atoms with Crippen LogP contribution in [-0.2, 0) is 11.2 Å². The third-order valence-corrected chi connectivity index (χ3v) is 5.63. The summed E-state index contributed by atoms with van der Waals surface area (Å²) >= 11 is 0. The van der Waals surface area contributed by atoms with Crippen LogP contribution in [0.5, 0.6) is 0 Å². The zero-order chi connectivity index (χ0) is 16.2. The van der Waals surface area contributed by atoms with Crippen molar-refractivity contribution in [2.24, 2.45) is 0 Å². The predicted octanol–water partition coefficient (Wildman–Crippen LogP) is 3.48. The van der Waals surface area contributed by atoms with Gasteiger partial charge in [-0.05, 0) is 64.5 Å². The highest BCUT2D eigenvalue weighted by Gasteiger charge is 2.32. The second kappa shape index (κ2) is 7.48. The van der Waals surface area contributed by atoms with Gasteiger partial charge in [0.05, 0.1) is 6.54 Å². The van der Waals surface area contributed by atoms with E-state index < -0.39 is 0 Å². The lowest BCUT2D eigenvalue weighted by atomic mass is 9.97. The maximum Gasteiger partial charge on any atom is 0.237 e. The van der Waals surface area contributed by atoms with E-state index in [1.165, 1.54) is 24.8 Å². The fourth-order valence-electron chi connectivity index (χ4n) is 4.39. The molecule has 23 heavy (non-hydrogen) atoms. The monoisotopic (exact) mass is 314 g/mol. The van der Waals surface area contributed by atoms with Crippen molar-refractivity contribution in [3.8, 4) is 0 Å². The first-order valence-corrected chi connectivity index (χ1v) is 9.24. The number of likely N-dealkylation sites (tertiary alicyclic amines) is 2. The minimum Gasteiger partial charge on any atom is -0.336 e. The smallest absolute Gasteiger partial charge is 0.237 e. The maximum absolute atomic E-state index is 12.9. The van der Waals surface area contributed by atoms with Crippen LogP contribution >= 0.6 is 0 Å². The van der Waals surface area contributed by atoms with Crippen molar-refractivity contribution < 1.29 is 4.79 Å². The number of hydrogen-bond acceptors (Lipinski definition) is 2. The Hall–Kier alpha value is -1.35. The van der Waals surface area contributed by atoms with Gasteiger partial charge in [-0.15, -0.1) is 0 Å². The number of carbonyl (C=O) groups excluding carboxylic acids is 1. The van der Waals surface area contributed by atoms with Gasteiger partial charge in [0.15, 0.2) is 0 Å². The van der Waals surface area contributed by atoms with Gasteiger partial charge in [0, 0.05) is 18.1 Å². The minimum atomic E-state index is 0.338. The van der Waals surface area contributed by atoms with Crippen molar-refractivity contribution in [2.45, 2.75) is 70.5 Å². The zero-order valence-electron chi connectivity index (χ0n) is 14.6. The number of carbonyl (C=O) groups is 1. The molecule has 0 spiro atoms. The second-order valence-electron chi connectivity index (χ2n) is 7.39. The molecular formula is C20H30N2O. The average Bonchev–Trinajstić information content (AvgIpc) is 2.95. The molecule has 2 fully saturated rings. The number of amides is 1. The molecule has 1 aromatic carbocycles. The van der Waals surface area contributed by atoms with Crippen LogP contribution in [-0.4, -0.2) is 46.9 Å².